The molecule has 0 unspecified atom stereocenters. The summed E-state index contributed by atoms with van der Waals surface area (Å²) >= 11 is 6.95. The maximum atomic E-state index is 13.8. The number of nitrogens with zero attached hydrogens (tertiary/aromatic N) is 3. The Kier molecular flexibility index (Phi) is 6.03. The molecule has 3 aromatic rings. The molecule has 0 fully saturated rings. The molecule has 198 valence electrons. The second kappa shape index (κ2) is 9.20. The van der Waals surface area contributed by atoms with E-state index in [0.29, 0.717) is 42.5 Å². The topological polar surface area (TPSA) is 113 Å². The summed E-state index contributed by atoms with van der Waals surface area (Å²) in [5.41, 5.74) is 1.63. The quantitative estimate of drug-likeness (QED) is 0.336. The third kappa shape index (κ3) is 3.63. The largest absolute Gasteiger partial charge is 0.503 e. The molecule has 1 N–H and O–H groups in total. The van der Waals surface area contributed by atoms with Crippen molar-refractivity contribution in [1.82, 2.24) is 13.9 Å². The number of para-hydroxylation sites is 1. The van der Waals surface area contributed by atoms with Gasteiger partial charge in [0.15, 0.2) is 23.1 Å². The number of benzene rings is 2. The molecule has 1 aliphatic heterocycles. The van der Waals surface area contributed by atoms with E-state index in [2.05, 4.69) is 31.9 Å². The Morgan fingerprint density at radius 3 is 2.44 bits per heavy atom. The average molecular weight is 655 g/mol. The van der Waals surface area contributed by atoms with Gasteiger partial charge in [0.25, 0.3) is 0 Å². The van der Waals surface area contributed by atoms with E-state index in [4.69, 9.17) is 4.74 Å². The van der Waals surface area contributed by atoms with Crippen molar-refractivity contribution in [2.45, 2.75) is 31.8 Å². The summed E-state index contributed by atoms with van der Waals surface area (Å²) in [5, 5.41) is 10.6. The van der Waals surface area contributed by atoms with E-state index in [0.717, 1.165) is 4.57 Å². The van der Waals surface area contributed by atoms with Crippen LogP contribution in [0.2, 0.25) is 0 Å². The van der Waals surface area contributed by atoms with Crippen molar-refractivity contribution in [3.8, 4) is 17.2 Å². The summed E-state index contributed by atoms with van der Waals surface area (Å²) in [7, 11) is 1.42. The predicted molar refractivity (Wildman–Crippen MR) is 150 cm³/mol. The maximum absolute atomic E-state index is 13.8. The molecule has 0 spiro atoms. The van der Waals surface area contributed by atoms with Gasteiger partial charge in [-0.3, -0.25) is 9.59 Å². The molecule has 2 aliphatic carbocycles. The Labute approximate surface area is 238 Å². The van der Waals surface area contributed by atoms with E-state index < -0.39 is 23.3 Å². The molecule has 1 aromatic heterocycles. The van der Waals surface area contributed by atoms with E-state index in [1.54, 1.807) is 43.3 Å². The number of rotatable bonds is 3. The Morgan fingerprint density at radius 2 is 1.74 bits per heavy atom. The van der Waals surface area contributed by atoms with Crippen molar-refractivity contribution in [2.75, 3.05) is 7.11 Å². The molecule has 9 nitrogen and oxygen atoms in total. The second-order valence-electron chi connectivity index (χ2n) is 9.58. The first kappa shape index (κ1) is 25.6. The fourth-order valence-corrected chi connectivity index (χ4v) is 6.74. The van der Waals surface area contributed by atoms with E-state index in [1.165, 1.54) is 22.5 Å². The number of hydrogen-bond acceptors (Lipinski definition) is 6. The zero-order chi connectivity index (χ0) is 27.7. The van der Waals surface area contributed by atoms with Crippen LogP contribution in [-0.2, 0) is 16.1 Å². The number of aromatic nitrogens is 3. The predicted octanol–water partition coefficient (Wildman–Crippen LogP) is 4.10. The van der Waals surface area contributed by atoms with Gasteiger partial charge in [0.1, 0.15) is 0 Å². The summed E-state index contributed by atoms with van der Waals surface area (Å²) in [4.78, 5) is 54.1. The van der Waals surface area contributed by atoms with Crippen LogP contribution in [0.25, 0.3) is 5.69 Å². The fraction of sp³-hybridized carbons (Fsp3) is 0.214. The zero-order valence-corrected chi connectivity index (χ0v) is 23.9. The SMILES string of the molecule is COc1cc([C@H]2C3=CCn4c(=O)n(-c5ccccc5)c(=O)n4[C@@H]3CC3=C2C(=O)C=C(C)C3=O)c(Br)c(Br)c1O. The van der Waals surface area contributed by atoms with Gasteiger partial charge < -0.3 is 9.84 Å². The number of methoxy groups -OCH3 is 1. The fourth-order valence-electron chi connectivity index (χ4n) is 5.79. The highest BCUT2D eigenvalue weighted by molar-refractivity contribution is 9.13. The number of phenolic OH excluding ortho intramolecular Hbond substituents is 1. The van der Waals surface area contributed by atoms with Crippen LogP contribution in [0, 0.1) is 0 Å². The van der Waals surface area contributed by atoms with E-state index in [9.17, 15) is 24.3 Å². The molecule has 2 atom stereocenters. The molecule has 11 heteroatoms. The van der Waals surface area contributed by atoms with Crippen LogP contribution in [0.1, 0.15) is 30.9 Å². The highest BCUT2D eigenvalue weighted by atomic mass is 79.9. The molecule has 39 heavy (non-hydrogen) atoms. The molecule has 0 bridgehead atoms. The molecule has 0 radical (unpaired) electrons. The number of carbonyl (C=O) groups is 2. The normalized spacial score (nSPS) is 20.2. The van der Waals surface area contributed by atoms with Crippen LogP contribution >= 0.6 is 31.9 Å². The summed E-state index contributed by atoms with van der Waals surface area (Å²) < 4.78 is 10.1. The molecule has 6 rings (SSSR count). The van der Waals surface area contributed by atoms with Crippen molar-refractivity contribution >= 4 is 43.4 Å². The van der Waals surface area contributed by atoms with Gasteiger partial charge in [-0.2, -0.15) is 0 Å². The number of Topliss-reactive ketones (excluding diaryl/α,β-unsaturated/α-hetero) is 1. The minimum atomic E-state index is -0.740. The van der Waals surface area contributed by atoms with Crippen LogP contribution in [0.3, 0.4) is 0 Å². The zero-order valence-electron chi connectivity index (χ0n) is 20.8. The van der Waals surface area contributed by atoms with Crippen LogP contribution in [0.5, 0.6) is 11.5 Å². The number of aromatic hydroxyl groups is 1. The smallest absolute Gasteiger partial charge is 0.352 e. The maximum Gasteiger partial charge on any atom is 0.352 e. The van der Waals surface area contributed by atoms with Crippen LogP contribution in [0.4, 0.5) is 0 Å². The molecular formula is C28H21Br2N3O6. The summed E-state index contributed by atoms with van der Waals surface area (Å²) in [6, 6.07) is 9.58. The standard InChI is InChI=1S/C28H21Br2N3O6/c1-13-10-19(34)22-17(25(13)35)11-18-15(21(22)16-12-20(39-2)26(36)24(30)23(16)29)8-9-31-27(37)32(28(38)33(18)31)14-6-4-3-5-7-14/h3-8,10,12,18,21,36H,9,11H2,1-2H3/t18-,21-/m1/s1. The van der Waals surface area contributed by atoms with Gasteiger partial charge in [-0.25, -0.2) is 23.5 Å². The molecule has 2 aromatic carbocycles. The highest BCUT2D eigenvalue weighted by Crippen LogP contribution is 2.54. The number of ketones is 2. The number of fused-ring (bicyclic) bond motifs is 3. The number of phenols is 1. The first-order valence-corrected chi connectivity index (χ1v) is 13.7. The lowest BCUT2D eigenvalue weighted by Crippen LogP contribution is -2.40. The third-order valence-electron chi connectivity index (χ3n) is 7.55. The summed E-state index contributed by atoms with van der Waals surface area (Å²) in [6.45, 7) is 1.69. The van der Waals surface area contributed by atoms with Crippen molar-refractivity contribution in [2.24, 2.45) is 0 Å². The Balaban J connectivity index is 1.63. The lowest BCUT2D eigenvalue weighted by atomic mass is 9.68. The Bertz CT molecular complexity index is 1820. The lowest BCUT2D eigenvalue weighted by Gasteiger charge is -2.40. The molecule has 2 heterocycles. The van der Waals surface area contributed by atoms with Gasteiger partial charge >= 0.3 is 11.4 Å². The molecular weight excluding hydrogens is 634 g/mol. The monoisotopic (exact) mass is 653 g/mol. The van der Waals surface area contributed by atoms with E-state index in [1.807, 2.05) is 6.08 Å². The molecule has 3 aliphatic rings. The first-order valence-electron chi connectivity index (χ1n) is 12.1. The number of ether oxygens (including phenoxy) is 1. The van der Waals surface area contributed by atoms with Crippen molar-refractivity contribution in [3.63, 3.8) is 0 Å². The summed E-state index contributed by atoms with van der Waals surface area (Å²) in [5.74, 6) is -1.26. The van der Waals surface area contributed by atoms with Crippen LogP contribution < -0.4 is 16.1 Å². The van der Waals surface area contributed by atoms with Crippen LogP contribution in [0.15, 0.2) is 89.4 Å². The van der Waals surface area contributed by atoms with Crippen molar-refractivity contribution in [3.05, 3.63) is 106 Å². The molecule has 0 saturated heterocycles. The van der Waals surface area contributed by atoms with Gasteiger partial charge in [0.05, 0.1) is 29.9 Å². The number of halogens is 2. The van der Waals surface area contributed by atoms with Crippen molar-refractivity contribution in [1.29, 1.82) is 0 Å². The minimum absolute atomic E-state index is 0.0829. The number of carbonyl (C=O) groups excluding carboxylic acids is 2. The first-order chi connectivity index (χ1) is 18.6. The molecule has 0 amide bonds. The Morgan fingerprint density at radius 1 is 1.03 bits per heavy atom. The van der Waals surface area contributed by atoms with Crippen molar-refractivity contribution < 1.29 is 19.4 Å². The third-order valence-corrected chi connectivity index (χ3v) is 9.71. The van der Waals surface area contributed by atoms with Gasteiger partial charge in [0.2, 0.25) is 0 Å². The van der Waals surface area contributed by atoms with Gasteiger partial charge in [-0.1, -0.05) is 24.3 Å². The van der Waals surface area contributed by atoms with Gasteiger partial charge in [0, 0.05) is 33.5 Å². The number of allylic oxidation sites excluding steroid dienone is 6. The summed E-state index contributed by atoms with van der Waals surface area (Å²) in [6.07, 6.45) is 3.27. The van der Waals surface area contributed by atoms with Crippen LogP contribution in [-0.4, -0.2) is 37.7 Å². The van der Waals surface area contributed by atoms with Gasteiger partial charge in [-0.05, 0) is 74.2 Å². The van der Waals surface area contributed by atoms with E-state index in [-0.39, 0.29) is 36.0 Å². The second-order valence-corrected chi connectivity index (χ2v) is 11.2. The highest BCUT2D eigenvalue weighted by Gasteiger charge is 2.45. The van der Waals surface area contributed by atoms with E-state index >= 15 is 0 Å². The molecule has 0 saturated carbocycles. The van der Waals surface area contributed by atoms with Gasteiger partial charge in [-0.15, -0.1) is 0 Å². The Hall–Kier alpha value is -3.70. The number of hydrogen-bond donors (Lipinski definition) is 1. The lowest BCUT2D eigenvalue weighted by molar-refractivity contribution is -0.116. The average Bonchev–Trinajstić information content (AvgIpc) is 3.19. The minimum Gasteiger partial charge on any atom is -0.503 e.